The molecule has 1 aromatic heterocycles. The Morgan fingerprint density at radius 1 is 1.18 bits per heavy atom. The molecule has 4 heterocycles. The second kappa shape index (κ2) is 12.9. The first-order valence-electron chi connectivity index (χ1n) is 14.9. The molecule has 2 unspecified atom stereocenters. The van der Waals surface area contributed by atoms with Crippen LogP contribution < -0.4 is 15.0 Å². The highest BCUT2D eigenvalue weighted by Crippen LogP contribution is 2.34. The van der Waals surface area contributed by atoms with Crippen LogP contribution in [-0.2, 0) is 9.53 Å². The number of ether oxygens (including phenoxy) is 2. The highest BCUT2D eigenvalue weighted by atomic mass is 19.3. The first kappa shape index (κ1) is 30.6. The van der Waals surface area contributed by atoms with Gasteiger partial charge in [-0.25, -0.2) is 18.7 Å². The number of aliphatic hydroxyl groups excluding tert-OH is 1. The van der Waals surface area contributed by atoms with E-state index in [0.717, 1.165) is 49.1 Å². The molecule has 2 atom stereocenters. The summed E-state index contributed by atoms with van der Waals surface area (Å²) in [4.78, 5) is 30.4. The number of carbonyl (C=O) groups excluding carboxylic acids is 1. The predicted octanol–water partition coefficient (Wildman–Crippen LogP) is 2.67. The Balaban J connectivity index is 1.10. The maximum absolute atomic E-state index is 14.8. The number of carbonyl (C=O) groups is 1. The van der Waals surface area contributed by atoms with Crippen LogP contribution in [0.15, 0.2) is 48.8 Å². The number of alkyl halides is 2. The van der Waals surface area contributed by atoms with Crippen molar-refractivity contribution in [1.29, 1.82) is 5.26 Å². The van der Waals surface area contributed by atoms with Crippen molar-refractivity contribution in [3.8, 4) is 23.2 Å². The molecule has 3 fully saturated rings. The molecule has 0 bridgehead atoms. The number of piperidine rings is 1. The number of hydrogen-bond donors (Lipinski definition) is 2. The first-order chi connectivity index (χ1) is 21.7. The second-order valence-electron chi connectivity index (χ2n) is 11.5. The number of aliphatic hydroxyl groups is 1. The summed E-state index contributed by atoms with van der Waals surface area (Å²) in [6, 6.07) is 15.5. The number of nitrogens with zero attached hydrogens (tertiary/aromatic N) is 7. The lowest BCUT2D eigenvalue weighted by atomic mass is 10.0. The average molecular weight is 621 g/mol. The Labute approximate surface area is 259 Å². The molecule has 12 nitrogen and oxygen atoms in total. The van der Waals surface area contributed by atoms with Gasteiger partial charge < -0.3 is 29.7 Å². The van der Waals surface area contributed by atoms with Crippen molar-refractivity contribution < 1.29 is 28.2 Å². The molecular formula is C31H34F2N8O4. The highest BCUT2D eigenvalue weighted by Gasteiger charge is 2.47. The van der Waals surface area contributed by atoms with Gasteiger partial charge in [-0.2, -0.15) is 10.2 Å². The van der Waals surface area contributed by atoms with E-state index >= 15 is 0 Å². The van der Waals surface area contributed by atoms with E-state index in [-0.39, 0.29) is 30.1 Å². The Bertz CT molecular complexity index is 1570. The van der Waals surface area contributed by atoms with Gasteiger partial charge in [0.15, 0.2) is 11.9 Å². The molecule has 3 aliphatic rings. The molecule has 3 aromatic rings. The summed E-state index contributed by atoms with van der Waals surface area (Å²) in [5.41, 5.74) is 2.46. The zero-order chi connectivity index (χ0) is 31.6. The van der Waals surface area contributed by atoms with Crippen molar-refractivity contribution in [2.45, 2.75) is 37.5 Å². The normalized spacial score (nSPS) is 21.9. The molecule has 3 aliphatic heterocycles. The van der Waals surface area contributed by atoms with E-state index in [0.29, 0.717) is 23.6 Å². The summed E-state index contributed by atoms with van der Waals surface area (Å²) in [6.45, 7) is 5.10. The highest BCUT2D eigenvalue weighted by molar-refractivity contribution is 5.77. The number of piperazine rings is 1. The standard InChI is InChI=1S/C31H34F2N8O4/c1-20-14-39(10-11-41(20)25-16-44-17-25)24-5-3-23(4-6-24)37-30-36-19-35-29(38-30)21-2-7-26(22(12-21)13-34)45-27-8-9-40(28(43)15-42)18-31(27,32)33/h2-7,12,19-20,25,27,42H,8-11,14-18H2,1H3,(H,35,36,37,38). The van der Waals surface area contributed by atoms with Crippen molar-refractivity contribution in [3.63, 3.8) is 0 Å². The summed E-state index contributed by atoms with van der Waals surface area (Å²) >= 11 is 0. The first-order valence-corrected chi connectivity index (χ1v) is 14.9. The van der Waals surface area contributed by atoms with E-state index in [4.69, 9.17) is 14.6 Å². The maximum Gasteiger partial charge on any atom is 0.301 e. The molecule has 3 saturated heterocycles. The number of anilines is 3. The molecule has 2 aromatic carbocycles. The van der Waals surface area contributed by atoms with Gasteiger partial charge in [0.05, 0.1) is 31.4 Å². The van der Waals surface area contributed by atoms with Crippen LogP contribution >= 0.6 is 0 Å². The van der Waals surface area contributed by atoms with Gasteiger partial charge in [0.1, 0.15) is 24.8 Å². The van der Waals surface area contributed by atoms with Gasteiger partial charge in [0.25, 0.3) is 0 Å². The van der Waals surface area contributed by atoms with Crippen LogP contribution in [0, 0.1) is 11.3 Å². The van der Waals surface area contributed by atoms with Crippen LogP contribution in [-0.4, -0.2) is 112 Å². The topological polar surface area (TPSA) is 140 Å². The minimum atomic E-state index is -3.36. The summed E-state index contributed by atoms with van der Waals surface area (Å²) < 4.78 is 40.5. The van der Waals surface area contributed by atoms with Crippen molar-refractivity contribution in [3.05, 3.63) is 54.4 Å². The summed E-state index contributed by atoms with van der Waals surface area (Å²) in [5, 5.41) is 21.9. The third-order valence-corrected chi connectivity index (χ3v) is 8.48. The van der Waals surface area contributed by atoms with Gasteiger partial charge in [-0.15, -0.1) is 0 Å². The zero-order valence-electron chi connectivity index (χ0n) is 24.8. The third kappa shape index (κ3) is 6.65. The smallest absolute Gasteiger partial charge is 0.301 e. The van der Waals surface area contributed by atoms with E-state index in [9.17, 15) is 18.8 Å². The molecule has 2 N–H and O–H groups in total. The number of likely N-dealkylation sites (tertiary alicyclic amines) is 1. The molecule has 45 heavy (non-hydrogen) atoms. The van der Waals surface area contributed by atoms with E-state index in [1.54, 1.807) is 6.07 Å². The van der Waals surface area contributed by atoms with Crippen LogP contribution in [0.4, 0.5) is 26.1 Å². The molecule has 236 valence electrons. The lowest BCUT2D eigenvalue weighted by molar-refractivity contribution is -0.161. The van der Waals surface area contributed by atoms with Crippen LogP contribution in [0.3, 0.4) is 0 Å². The number of aromatic nitrogens is 3. The van der Waals surface area contributed by atoms with E-state index in [1.807, 2.05) is 18.2 Å². The second-order valence-corrected chi connectivity index (χ2v) is 11.5. The molecular weight excluding hydrogens is 586 g/mol. The van der Waals surface area contributed by atoms with Gasteiger partial charge in [-0.1, -0.05) is 0 Å². The van der Waals surface area contributed by atoms with E-state index < -0.39 is 31.1 Å². The van der Waals surface area contributed by atoms with Gasteiger partial charge in [-0.05, 0) is 49.4 Å². The molecule has 0 saturated carbocycles. The molecule has 0 aliphatic carbocycles. The summed E-state index contributed by atoms with van der Waals surface area (Å²) in [5.74, 6) is -3.54. The fourth-order valence-electron chi connectivity index (χ4n) is 5.93. The van der Waals surface area contributed by atoms with Crippen molar-refractivity contribution >= 4 is 23.2 Å². The minimum absolute atomic E-state index is 0.00628. The van der Waals surface area contributed by atoms with Crippen LogP contribution in [0.1, 0.15) is 18.9 Å². The number of amides is 1. The molecule has 0 spiro atoms. The van der Waals surface area contributed by atoms with Gasteiger partial charge in [0.2, 0.25) is 11.9 Å². The molecule has 6 rings (SSSR count). The van der Waals surface area contributed by atoms with Crippen molar-refractivity contribution in [2.75, 3.05) is 62.8 Å². The molecule has 1 amide bonds. The maximum atomic E-state index is 14.8. The Hall–Kier alpha value is -4.45. The van der Waals surface area contributed by atoms with Crippen LogP contribution in [0.2, 0.25) is 0 Å². The third-order valence-electron chi connectivity index (χ3n) is 8.48. The number of nitriles is 1. The number of nitrogens with one attached hydrogen (secondary N) is 1. The van der Waals surface area contributed by atoms with Crippen molar-refractivity contribution in [1.82, 2.24) is 24.8 Å². The van der Waals surface area contributed by atoms with Crippen LogP contribution in [0.25, 0.3) is 11.4 Å². The van der Waals surface area contributed by atoms with Gasteiger partial charge >= 0.3 is 5.92 Å². The van der Waals surface area contributed by atoms with Gasteiger partial charge in [-0.3, -0.25) is 9.69 Å². The Kier molecular flexibility index (Phi) is 8.75. The SMILES string of the molecule is CC1CN(c2ccc(Nc3ncnc(-c4ccc(OC5CCN(C(=O)CO)CC5(F)F)c(C#N)c4)n3)cc2)CCN1C1COC1. The number of halogens is 2. The fourth-order valence-corrected chi connectivity index (χ4v) is 5.93. The minimum Gasteiger partial charge on any atom is -0.483 e. The van der Waals surface area contributed by atoms with E-state index in [1.165, 1.54) is 18.5 Å². The molecule has 14 heteroatoms. The summed E-state index contributed by atoms with van der Waals surface area (Å²) in [7, 11) is 0. The largest absolute Gasteiger partial charge is 0.483 e. The lowest BCUT2D eigenvalue weighted by Gasteiger charge is -2.47. The number of benzene rings is 2. The number of rotatable bonds is 8. The quantitative estimate of drug-likeness (QED) is 0.384. The predicted molar refractivity (Wildman–Crippen MR) is 160 cm³/mol. The monoisotopic (exact) mass is 620 g/mol. The average Bonchev–Trinajstić information content (AvgIpc) is 3.02. The van der Waals surface area contributed by atoms with Gasteiger partial charge in [0, 0.05) is 55.6 Å². The van der Waals surface area contributed by atoms with Crippen molar-refractivity contribution in [2.24, 2.45) is 0 Å². The lowest BCUT2D eigenvalue weighted by Crippen LogP contribution is -2.60. The summed E-state index contributed by atoms with van der Waals surface area (Å²) in [6.07, 6.45) is -0.333. The van der Waals surface area contributed by atoms with Crippen LogP contribution in [0.5, 0.6) is 5.75 Å². The Morgan fingerprint density at radius 3 is 2.64 bits per heavy atom. The molecule has 0 radical (unpaired) electrons. The fraction of sp³-hybridized carbons (Fsp3) is 0.452. The zero-order valence-corrected chi connectivity index (χ0v) is 24.8. The van der Waals surface area contributed by atoms with E-state index in [2.05, 4.69) is 49.1 Å². The number of hydrogen-bond acceptors (Lipinski definition) is 11. The Morgan fingerprint density at radius 2 is 1.98 bits per heavy atom.